The van der Waals surface area contributed by atoms with E-state index in [0.29, 0.717) is 12.3 Å². The quantitative estimate of drug-likeness (QED) is 0.747. The third-order valence-corrected chi connectivity index (χ3v) is 3.96. The second kappa shape index (κ2) is 6.95. The van der Waals surface area contributed by atoms with Crippen LogP contribution in [0.4, 0.5) is 49.7 Å². The van der Waals surface area contributed by atoms with Crippen molar-refractivity contribution in [1.29, 1.82) is 0 Å². The van der Waals surface area contributed by atoms with E-state index in [0.717, 1.165) is 6.07 Å². The highest BCUT2D eigenvalue weighted by Gasteiger charge is 2.76. The Morgan fingerprint density at radius 1 is 1.04 bits per heavy atom. The molecule has 0 aromatic carbocycles. The summed E-state index contributed by atoms with van der Waals surface area (Å²) in [6.45, 7) is -0.331. The fourth-order valence-electron chi connectivity index (χ4n) is 2.42. The number of hydrogen-bond acceptors (Lipinski definition) is 3. The van der Waals surface area contributed by atoms with E-state index in [2.05, 4.69) is 4.98 Å². The smallest absolute Gasteiger partial charge is 0.354 e. The van der Waals surface area contributed by atoms with Crippen molar-refractivity contribution >= 4 is 11.7 Å². The molecule has 2 rings (SSSR count). The molecule has 1 fully saturated rings. The van der Waals surface area contributed by atoms with Crippen molar-refractivity contribution in [2.45, 2.75) is 36.7 Å². The highest BCUT2D eigenvalue weighted by Crippen LogP contribution is 2.46. The van der Waals surface area contributed by atoms with Crippen molar-refractivity contribution in [3.8, 4) is 0 Å². The molecule has 1 amide bonds. The summed E-state index contributed by atoms with van der Waals surface area (Å²) in [5.41, 5.74) is -1.05. The Balaban J connectivity index is 2.03. The van der Waals surface area contributed by atoms with Gasteiger partial charge in [0.2, 0.25) is 0 Å². The fourth-order valence-corrected chi connectivity index (χ4v) is 2.42. The highest BCUT2D eigenvalue weighted by molar-refractivity contribution is 5.85. The molecule has 14 heteroatoms. The van der Waals surface area contributed by atoms with E-state index in [4.69, 9.17) is 0 Å². The molecule has 1 unspecified atom stereocenters. The van der Waals surface area contributed by atoms with Crippen molar-refractivity contribution in [2.75, 3.05) is 18.0 Å². The Labute approximate surface area is 150 Å². The van der Waals surface area contributed by atoms with Crippen LogP contribution in [-0.4, -0.2) is 48.0 Å². The Morgan fingerprint density at radius 3 is 2.11 bits per heavy atom. The third kappa shape index (κ3) is 4.09. The van der Waals surface area contributed by atoms with Crippen LogP contribution in [0, 0.1) is 0 Å². The van der Waals surface area contributed by atoms with Crippen LogP contribution in [0.1, 0.15) is 12.0 Å². The minimum atomic E-state index is -6.64. The first kappa shape index (κ1) is 22.0. The zero-order chi connectivity index (χ0) is 21.5. The van der Waals surface area contributed by atoms with Crippen LogP contribution in [0.15, 0.2) is 18.3 Å². The van der Waals surface area contributed by atoms with Crippen LogP contribution in [0.3, 0.4) is 0 Å². The van der Waals surface area contributed by atoms with Gasteiger partial charge in [-0.05, 0) is 18.6 Å². The van der Waals surface area contributed by atoms with Gasteiger partial charge in [-0.25, -0.2) is 4.98 Å². The lowest BCUT2D eigenvalue weighted by Crippen LogP contribution is -2.60. The van der Waals surface area contributed by atoms with Gasteiger partial charge in [0.15, 0.2) is 0 Å². The topological polar surface area (TPSA) is 45.2 Å². The van der Waals surface area contributed by atoms with Gasteiger partial charge >= 0.3 is 24.2 Å². The molecular weight excluding hydrogens is 416 g/mol. The van der Waals surface area contributed by atoms with Crippen molar-refractivity contribution in [3.63, 3.8) is 0 Å². The first-order chi connectivity index (χ1) is 12.6. The Kier molecular flexibility index (Phi) is 5.47. The molecule has 1 aliphatic rings. The fraction of sp³-hybridized carbons (Fsp3) is 0.571. The first-order valence-electron chi connectivity index (χ1n) is 7.49. The molecule has 4 nitrogen and oxygen atoms in total. The number of carbonyl (C=O) groups is 1. The zero-order valence-electron chi connectivity index (χ0n) is 13.5. The number of amides is 1. The summed E-state index contributed by atoms with van der Waals surface area (Å²) in [5, 5.41) is 1.41. The van der Waals surface area contributed by atoms with Gasteiger partial charge in [-0.2, -0.15) is 43.9 Å². The summed E-state index contributed by atoms with van der Waals surface area (Å²) in [4.78, 5) is 16.1. The van der Waals surface area contributed by atoms with E-state index in [-0.39, 0.29) is 25.3 Å². The molecule has 0 radical (unpaired) electrons. The second-order valence-electron chi connectivity index (χ2n) is 5.95. The number of carbonyl (C=O) groups excluding carboxylic acids is 1. The van der Waals surface area contributed by atoms with Gasteiger partial charge in [-0.3, -0.25) is 4.79 Å². The van der Waals surface area contributed by atoms with Crippen molar-refractivity contribution < 1.29 is 48.7 Å². The van der Waals surface area contributed by atoms with Crippen LogP contribution in [-0.2, 0) is 11.0 Å². The number of halogens is 10. The van der Waals surface area contributed by atoms with Crippen molar-refractivity contribution in [1.82, 2.24) is 10.3 Å². The monoisotopic (exact) mass is 427 g/mol. The van der Waals surface area contributed by atoms with Crippen molar-refractivity contribution in [2.24, 2.45) is 0 Å². The molecule has 1 aromatic heterocycles. The molecule has 1 aromatic rings. The molecule has 2 heterocycles. The summed E-state index contributed by atoms with van der Waals surface area (Å²) in [6, 6.07) is 0.442. The predicted octanol–water partition coefficient (Wildman–Crippen LogP) is 3.63. The van der Waals surface area contributed by atoms with E-state index < -0.39 is 41.7 Å². The van der Waals surface area contributed by atoms with Crippen LogP contribution < -0.4 is 10.2 Å². The lowest BCUT2D eigenvalue weighted by Gasteiger charge is -2.28. The van der Waals surface area contributed by atoms with Gasteiger partial charge in [0, 0.05) is 25.3 Å². The maximum atomic E-state index is 13.3. The average Bonchev–Trinajstić information content (AvgIpc) is 3.01. The summed E-state index contributed by atoms with van der Waals surface area (Å²) in [7, 11) is 0. The van der Waals surface area contributed by atoms with E-state index in [1.165, 1.54) is 10.2 Å². The molecular formula is C14H11F10N3O. The molecule has 0 aliphatic carbocycles. The largest absolute Gasteiger partial charge is 0.460 e. The molecule has 1 saturated heterocycles. The van der Waals surface area contributed by atoms with Gasteiger partial charge in [0.25, 0.3) is 5.91 Å². The van der Waals surface area contributed by atoms with Gasteiger partial charge in [0.05, 0.1) is 5.56 Å². The highest BCUT2D eigenvalue weighted by atomic mass is 19.4. The number of nitrogens with zero attached hydrogens (tertiary/aromatic N) is 2. The number of aromatic nitrogens is 1. The summed E-state index contributed by atoms with van der Waals surface area (Å²) < 4.78 is 126. The number of hydrogen-bond donors (Lipinski definition) is 1. The standard InChI is InChI=1S/C14H11F10N3O/c15-11(16,13(20,21)14(22,23)24)10(28)26-8-3-4-27(6-8)9-2-1-7(5-25-9)12(17,18)19/h1-2,5,8H,3-4,6H2,(H,26,28). The molecule has 0 spiro atoms. The summed E-state index contributed by atoms with van der Waals surface area (Å²) in [5.74, 6) is -15.4. The lowest BCUT2D eigenvalue weighted by molar-refractivity contribution is -0.344. The maximum Gasteiger partial charge on any atom is 0.460 e. The van der Waals surface area contributed by atoms with Crippen LogP contribution in [0.5, 0.6) is 0 Å². The number of nitrogens with one attached hydrogen (secondary N) is 1. The van der Waals surface area contributed by atoms with Gasteiger partial charge in [-0.1, -0.05) is 0 Å². The number of pyridine rings is 1. The van der Waals surface area contributed by atoms with Gasteiger partial charge in [-0.15, -0.1) is 0 Å². The number of anilines is 1. The second-order valence-corrected chi connectivity index (χ2v) is 5.95. The summed E-state index contributed by atoms with van der Waals surface area (Å²) >= 11 is 0. The SMILES string of the molecule is O=C(NC1CCN(c2ccc(C(F)(F)F)cn2)C1)C(F)(F)C(F)(F)C(F)(F)F. The molecule has 158 valence electrons. The predicted molar refractivity (Wildman–Crippen MR) is 73.9 cm³/mol. The number of alkyl halides is 10. The number of rotatable bonds is 4. The molecule has 1 atom stereocenters. The van der Waals surface area contributed by atoms with Gasteiger partial charge < -0.3 is 10.2 Å². The van der Waals surface area contributed by atoms with Crippen LogP contribution in [0.25, 0.3) is 0 Å². The average molecular weight is 427 g/mol. The molecule has 0 saturated carbocycles. The molecule has 28 heavy (non-hydrogen) atoms. The van der Waals surface area contributed by atoms with E-state index in [1.807, 2.05) is 0 Å². The third-order valence-electron chi connectivity index (χ3n) is 3.96. The van der Waals surface area contributed by atoms with Gasteiger partial charge in [0.1, 0.15) is 5.82 Å². The first-order valence-corrected chi connectivity index (χ1v) is 7.49. The Hall–Kier alpha value is -2.28. The van der Waals surface area contributed by atoms with E-state index in [9.17, 15) is 48.7 Å². The molecule has 1 aliphatic heterocycles. The summed E-state index contributed by atoms with van der Waals surface area (Å²) in [6.07, 6.45) is -10.9. The molecule has 1 N–H and O–H groups in total. The normalized spacial score (nSPS) is 19.1. The minimum Gasteiger partial charge on any atom is -0.354 e. The maximum absolute atomic E-state index is 13.3. The minimum absolute atomic E-state index is 0.00938. The Morgan fingerprint density at radius 2 is 1.64 bits per heavy atom. The Bertz CT molecular complexity index is 714. The van der Waals surface area contributed by atoms with E-state index in [1.54, 1.807) is 0 Å². The van der Waals surface area contributed by atoms with Crippen LogP contribution in [0.2, 0.25) is 0 Å². The van der Waals surface area contributed by atoms with Crippen LogP contribution >= 0.6 is 0 Å². The molecule has 0 bridgehead atoms. The van der Waals surface area contributed by atoms with Crippen molar-refractivity contribution in [3.05, 3.63) is 23.9 Å². The van der Waals surface area contributed by atoms with E-state index >= 15 is 0 Å². The zero-order valence-corrected chi connectivity index (χ0v) is 13.5. The lowest BCUT2D eigenvalue weighted by atomic mass is 10.1.